The van der Waals surface area contributed by atoms with Crippen LogP contribution in [0.25, 0.3) is 21.5 Å². The molecule has 6 rings (SSSR count). The van der Waals surface area contributed by atoms with Gasteiger partial charge in [-0.25, -0.2) is 0 Å². The van der Waals surface area contributed by atoms with E-state index in [9.17, 15) is 9.59 Å². The van der Waals surface area contributed by atoms with Gasteiger partial charge in [-0.05, 0) is 103 Å². The van der Waals surface area contributed by atoms with Crippen molar-refractivity contribution >= 4 is 33.2 Å². The van der Waals surface area contributed by atoms with Gasteiger partial charge in [-0.2, -0.15) is 0 Å². The van der Waals surface area contributed by atoms with Crippen LogP contribution in [0.3, 0.4) is 0 Å². The van der Waals surface area contributed by atoms with Crippen LogP contribution in [-0.4, -0.2) is 84.4 Å². The minimum absolute atomic E-state index is 0.114. The number of benzene rings is 1. The number of hydrogen-bond donors (Lipinski definition) is 3. The number of H-pyrrole nitrogens is 1. The molecular weight excluding hydrogens is 554 g/mol. The van der Waals surface area contributed by atoms with Crippen LogP contribution >= 0.6 is 11.3 Å². The molecule has 2 aromatic heterocycles. The van der Waals surface area contributed by atoms with E-state index in [1.165, 1.54) is 49.5 Å². The number of aromatic amines is 1. The number of amides is 1. The molecule has 0 radical (unpaired) electrons. The van der Waals surface area contributed by atoms with Crippen LogP contribution in [0.5, 0.6) is 0 Å². The smallest absolute Gasteiger partial charge is 0.234 e. The molecule has 4 heterocycles. The maximum absolute atomic E-state index is 14.0. The number of nitrogens with one attached hydrogen (secondary N) is 3. The monoisotopic (exact) mass is 603 g/mol. The van der Waals surface area contributed by atoms with E-state index >= 15 is 0 Å². The lowest BCUT2D eigenvalue weighted by Gasteiger charge is -2.34. The summed E-state index contributed by atoms with van der Waals surface area (Å²) in [6, 6.07) is 9.65. The topological polar surface area (TPSA) is 80.5 Å². The number of aromatic nitrogens is 1. The normalized spacial score (nSPS) is 23.1. The molecule has 1 saturated carbocycles. The Labute approximate surface area is 260 Å². The number of piperazine rings is 1. The van der Waals surface area contributed by atoms with Crippen molar-refractivity contribution in [3.05, 3.63) is 45.8 Å². The lowest BCUT2D eigenvalue weighted by atomic mass is 9.76. The number of aryl methyl sites for hydroxylation is 2. The summed E-state index contributed by atoms with van der Waals surface area (Å²) in [5.41, 5.74) is 5.84. The summed E-state index contributed by atoms with van der Waals surface area (Å²) in [5.74, 6) is 1.17. The zero-order chi connectivity index (χ0) is 30.5. The Bertz CT molecular complexity index is 1450. The average Bonchev–Trinajstić information content (AvgIpc) is 3.72. The van der Waals surface area contributed by atoms with E-state index in [4.69, 9.17) is 0 Å². The fourth-order valence-electron chi connectivity index (χ4n) is 7.75. The van der Waals surface area contributed by atoms with Gasteiger partial charge in [0.2, 0.25) is 5.91 Å². The highest BCUT2D eigenvalue weighted by Gasteiger charge is 2.50. The molecule has 3 aliphatic rings. The SMILES string of the molecule is Cc1cc(C)cc(-c2[nH]c3sc(C(C)(C)C(=O)C4C5CCC4NC5)cc3c2CCN2CCN(CC(=O)NC(C)C)CC2)c1. The van der Waals surface area contributed by atoms with Crippen LogP contribution < -0.4 is 10.6 Å². The minimum atomic E-state index is -0.502. The minimum Gasteiger partial charge on any atom is -0.353 e. The Kier molecular flexibility index (Phi) is 8.59. The molecule has 7 nitrogen and oxygen atoms in total. The molecule has 2 saturated heterocycles. The van der Waals surface area contributed by atoms with Gasteiger partial charge in [-0.15, -0.1) is 11.3 Å². The Hall–Kier alpha value is -2.52. The summed E-state index contributed by atoms with van der Waals surface area (Å²) >= 11 is 1.77. The highest BCUT2D eigenvalue weighted by Crippen LogP contribution is 2.45. The predicted octanol–water partition coefficient (Wildman–Crippen LogP) is 5.04. The van der Waals surface area contributed by atoms with Crippen molar-refractivity contribution in [1.29, 1.82) is 0 Å². The lowest BCUT2D eigenvalue weighted by molar-refractivity contribution is -0.128. The maximum Gasteiger partial charge on any atom is 0.234 e. The molecule has 0 spiro atoms. The number of nitrogens with zero attached hydrogens (tertiary/aromatic N) is 2. The Morgan fingerprint density at radius 3 is 2.33 bits per heavy atom. The van der Waals surface area contributed by atoms with Gasteiger partial charge in [0.15, 0.2) is 0 Å². The maximum atomic E-state index is 14.0. The van der Waals surface area contributed by atoms with E-state index in [0.29, 0.717) is 24.3 Å². The van der Waals surface area contributed by atoms with E-state index in [0.717, 1.165) is 52.1 Å². The standard InChI is InChI=1S/C35H49N5O2S/c1-21(2)37-30(41)20-40-13-11-39(12-14-40)10-9-26-27-18-29(35(5,6)33(42)31-24-7-8-28(31)36-19-24)43-34(27)38-32(26)25-16-22(3)15-23(4)17-25/h15-18,21,24,28,31,36,38H,7-14,19-20H2,1-6H3,(H,37,41). The molecule has 1 aliphatic carbocycles. The fraction of sp³-hybridized carbons (Fsp3) is 0.600. The largest absolute Gasteiger partial charge is 0.353 e. The van der Waals surface area contributed by atoms with Gasteiger partial charge in [-0.1, -0.05) is 17.2 Å². The molecule has 3 atom stereocenters. The zero-order valence-electron chi connectivity index (χ0n) is 26.8. The number of ketones is 1. The van der Waals surface area contributed by atoms with Crippen molar-refractivity contribution < 1.29 is 9.59 Å². The van der Waals surface area contributed by atoms with Gasteiger partial charge in [0, 0.05) is 61.0 Å². The summed E-state index contributed by atoms with van der Waals surface area (Å²) in [6.45, 7) is 18.8. The van der Waals surface area contributed by atoms with E-state index < -0.39 is 5.41 Å². The third-order valence-corrected chi connectivity index (χ3v) is 11.4. The Morgan fingerprint density at radius 2 is 1.72 bits per heavy atom. The predicted molar refractivity (Wildman–Crippen MR) is 177 cm³/mol. The highest BCUT2D eigenvalue weighted by molar-refractivity contribution is 7.19. The molecule has 3 N–H and O–H groups in total. The Morgan fingerprint density at radius 1 is 1.02 bits per heavy atom. The molecule has 1 aromatic carbocycles. The van der Waals surface area contributed by atoms with E-state index in [-0.39, 0.29) is 17.9 Å². The fourth-order valence-corrected chi connectivity index (χ4v) is 8.95. The first-order valence-corrected chi connectivity index (χ1v) is 17.1. The first-order valence-electron chi connectivity index (χ1n) is 16.2. The van der Waals surface area contributed by atoms with Crippen LogP contribution in [0.1, 0.15) is 62.1 Å². The molecule has 3 aromatic rings. The van der Waals surface area contributed by atoms with Crippen LogP contribution in [0.4, 0.5) is 0 Å². The first-order chi connectivity index (χ1) is 20.5. The quantitative estimate of drug-likeness (QED) is 0.303. The second kappa shape index (κ2) is 12.1. The number of hydrogen-bond acceptors (Lipinski definition) is 6. The van der Waals surface area contributed by atoms with E-state index in [2.05, 4.69) is 77.4 Å². The van der Waals surface area contributed by atoms with Crippen molar-refractivity contribution in [3.8, 4) is 11.3 Å². The number of rotatable bonds is 10. The summed E-state index contributed by atoms with van der Waals surface area (Å²) < 4.78 is 0. The summed E-state index contributed by atoms with van der Waals surface area (Å²) in [5, 5.41) is 7.88. The number of thiophene rings is 1. The summed E-state index contributed by atoms with van der Waals surface area (Å²) in [4.78, 5) is 37.2. The molecule has 2 aliphatic heterocycles. The van der Waals surface area contributed by atoms with E-state index in [1.54, 1.807) is 11.3 Å². The first kappa shape index (κ1) is 30.5. The third-order valence-electron chi connectivity index (χ3n) is 10.0. The average molecular weight is 604 g/mol. The molecule has 2 bridgehead atoms. The second-order valence-corrected chi connectivity index (χ2v) is 15.2. The molecule has 1 amide bonds. The molecule has 3 unspecified atom stereocenters. The second-order valence-electron chi connectivity index (χ2n) is 14.2. The van der Waals surface area contributed by atoms with Crippen LogP contribution in [-0.2, 0) is 21.4 Å². The lowest BCUT2D eigenvalue weighted by Crippen LogP contribution is -2.50. The van der Waals surface area contributed by atoms with Gasteiger partial charge in [0.1, 0.15) is 10.6 Å². The number of Topliss-reactive ketones (excluding diaryl/α,β-unsaturated/α-hetero) is 1. The van der Waals surface area contributed by atoms with Gasteiger partial charge in [0.25, 0.3) is 0 Å². The van der Waals surface area contributed by atoms with Crippen LogP contribution in [0, 0.1) is 25.7 Å². The van der Waals surface area contributed by atoms with Crippen LogP contribution in [0.2, 0.25) is 0 Å². The zero-order valence-corrected chi connectivity index (χ0v) is 27.6. The molecule has 232 valence electrons. The van der Waals surface area contributed by atoms with Gasteiger partial charge in [-0.3, -0.25) is 14.5 Å². The number of piperidine rings is 1. The van der Waals surface area contributed by atoms with Crippen molar-refractivity contribution in [3.63, 3.8) is 0 Å². The molecule has 3 fully saturated rings. The van der Waals surface area contributed by atoms with Crippen molar-refractivity contribution in [1.82, 2.24) is 25.4 Å². The van der Waals surface area contributed by atoms with Crippen molar-refractivity contribution in [2.45, 2.75) is 78.3 Å². The highest BCUT2D eigenvalue weighted by atomic mass is 32.1. The Balaban J connectivity index is 1.23. The number of carbonyl (C=O) groups is 2. The van der Waals surface area contributed by atoms with Gasteiger partial charge >= 0.3 is 0 Å². The van der Waals surface area contributed by atoms with Crippen LogP contribution in [0.15, 0.2) is 24.3 Å². The summed E-state index contributed by atoms with van der Waals surface area (Å²) in [6.07, 6.45) is 3.25. The van der Waals surface area contributed by atoms with Crippen molar-refractivity contribution in [2.24, 2.45) is 11.8 Å². The molecule has 43 heavy (non-hydrogen) atoms. The number of fused-ring (bicyclic) bond motifs is 3. The molecular formula is C35H49N5O2S. The van der Waals surface area contributed by atoms with Gasteiger partial charge < -0.3 is 20.5 Å². The van der Waals surface area contributed by atoms with E-state index in [1.807, 2.05) is 13.8 Å². The number of carbonyl (C=O) groups excluding carboxylic acids is 2. The summed E-state index contributed by atoms with van der Waals surface area (Å²) in [7, 11) is 0. The van der Waals surface area contributed by atoms with Gasteiger partial charge in [0.05, 0.1) is 17.7 Å². The van der Waals surface area contributed by atoms with Crippen molar-refractivity contribution in [2.75, 3.05) is 45.8 Å². The third kappa shape index (κ3) is 6.21. The molecule has 8 heteroatoms.